The third kappa shape index (κ3) is 1.36. The van der Waals surface area contributed by atoms with Crippen LogP contribution in [-0.2, 0) is 0 Å². The molecule has 0 N–H and O–H groups in total. The van der Waals surface area contributed by atoms with Gasteiger partial charge in [-0.05, 0) is 41.2 Å². The van der Waals surface area contributed by atoms with Crippen LogP contribution in [0.4, 0.5) is 0 Å². The van der Waals surface area contributed by atoms with Crippen LogP contribution in [0.15, 0.2) is 12.3 Å². The van der Waals surface area contributed by atoms with Gasteiger partial charge in [0.25, 0.3) is 0 Å². The van der Waals surface area contributed by atoms with Gasteiger partial charge in [-0.15, -0.1) is 0 Å². The van der Waals surface area contributed by atoms with E-state index in [9.17, 15) is 0 Å². The smallest absolute Gasteiger partial charge is 0.0878 e. The molecular weight excluding hydrogens is 172 g/mol. The van der Waals surface area contributed by atoms with Crippen LogP contribution in [0.3, 0.4) is 0 Å². The van der Waals surface area contributed by atoms with E-state index < -0.39 is 0 Å². The van der Waals surface area contributed by atoms with Gasteiger partial charge < -0.3 is 4.90 Å². The lowest BCUT2D eigenvalue weighted by atomic mass is 10.0. The van der Waals surface area contributed by atoms with E-state index in [1.807, 2.05) is 0 Å². The SMILES string of the molecule is C=C1N(CCC)C(C)(C)N(C)C1(C)C. The highest BCUT2D eigenvalue weighted by molar-refractivity contribution is 5.22. The van der Waals surface area contributed by atoms with Crippen LogP contribution < -0.4 is 0 Å². The standard InChI is InChI=1S/C12H24N2/c1-8-9-14-10(2)11(3,4)13(7)12(14,5)6/h2,8-9H2,1,3-7H3. The second-order valence-corrected chi connectivity index (χ2v) is 5.21. The molecule has 0 bridgehead atoms. The van der Waals surface area contributed by atoms with E-state index in [1.165, 1.54) is 12.1 Å². The molecule has 82 valence electrons. The first kappa shape index (κ1) is 11.6. The molecule has 1 aliphatic rings. The van der Waals surface area contributed by atoms with Gasteiger partial charge >= 0.3 is 0 Å². The van der Waals surface area contributed by atoms with Gasteiger partial charge in [0.05, 0.1) is 11.2 Å². The molecule has 0 saturated carbocycles. The van der Waals surface area contributed by atoms with Gasteiger partial charge in [0.2, 0.25) is 0 Å². The summed E-state index contributed by atoms with van der Waals surface area (Å²) in [4.78, 5) is 4.82. The number of hydrogen-bond donors (Lipinski definition) is 0. The maximum atomic E-state index is 4.24. The highest BCUT2D eigenvalue weighted by atomic mass is 15.5. The molecule has 1 heterocycles. The summed E-state index contributed by atoms with van der Waals surface area (Å²) >= 11 is 0. The molecule has 14 heavy (non-hydrogen) atoms. The van der Waals surface area contributed by atoms with Gasteiger partial charge in [0.1, 0.15) is 0 Å². The molecule has 0 spiro atoms. The molecule has 1 rings (SSSR count). The Morgan fingerprint density at radius 2 is 1.71 bits per heavy atom. The predicted octanol–water partition coefficient (Wildman–Crippen LogP) is 2.67. The lowest BCUT2D eigenvalue weighted by molar-refractivity contribution is 0.0447. The molecule has 0 aliphatic carbocycles. The zero-order chi connectivity index (χ0) is 11.1. The second-order valence-electron chi connectivity index (χ2n) is 5.21. The fraction of sp³-hybridized carbons (Fsp3) is 0.833. The number of likely N-dealkylation sites (N-methyl/N-ethyl adjacent to an activating group) is 1. The van der Waals surface area contributed by atoms with Gasteiger partial charge in [-0.3, -0.25) is 4.90 Å². The summed E-state index contributed by atoms with van der Waals surface area (Å²) in [6, 6.07) is 0. The van der Waals surface area contributed by atoms with E-state index >= 15 is 0 Å². The van der Waals surface area contributed by atoms with Gasteiger partial charge in [-0.25, -0.2) is 0 Å². The zero-order valence-corrected chi connectivity index (χ0v) is 10.5. The minimum atomic E-state index is 0.0820. The van der Waals surface area contributed by atoms with Crippen molar-refractivity contribution in [2.24, 2.45) is 0 Å². The third-order valence-electron chi connectivity index (χ3n) is 3.80. The van der Waals surface area contributed by atoms with E-state index in [4.69, 9.17) is 0 Å². The summed E-state index contributed by atoms with van der Waals surface area (Å²) < 4.78 is 0. The minimum absolute atomic E-state index is 0.0820. The van der Waals surface area contributed by atoms with E-state index in [1.54, 1.807) is 0 Å². The van der Waals surface area contributed by atoms with Crippen LogP contribution in [0.25, 0.3) is 0 Å². The number of nitrogens with zero attached hydrogens (tertiary/aromatic N) is 2. The van der Waals surface area contributed by atoms with E-state index in [0.29, 0.717) is 0 Å². The molecule has 0 aromatic heterocycles. The Balaban J connectivity index is 3.04. The first-order chi connectivity index (χ1) is 6.26. The Morgan fingerprint density at radius 1 is 1.21 bits per heavy atom. The predicted molar refractivity (Wildman–Crippen MR) is 62.1 cm³/mol. The molecule has 0 aromatic rings. The highest BCUT2D eigenvalue weighted by Crippen LogP contribution is 2.42. The van der Waals surface area contributed by atoms with Crippen molar-refractivity contribution in [2.75, 3.05) is 13.6 Å². The molecule has 2 nitrogen and oxygen atoms in total. The summed E-state index contributed by atoms with van der Waals surface area (Å²) in [5, 5.41) is 0. The summed E-state index contributed by atoms with van der Waals surface area (Å²) in [5.41, 5.74) is 1.42. The van der Waals surface area contributed by atoms with Gasteiger partial charge in [-0.2, -0.15) is 0 Å². The largest absolute Gasteiger partial charge is 0.356 e. The Bertz CT molecular complexity index is 241. The van der Waals surface area contributed by atoms with Gasteiger partial charge in [-0.1, -0.05) is 13.5 Å². The maximum absolute atomic E-state index is 4.24. The first-order valence-electron chi connectivity index (χ1n) is 5.47. The van der Waals surface area contributed by atoms with Crippen molar-refractivity contribution in [2.45, 2.75) is 52.2 Å². The lowest BCUT2D eigenvalue weighted by Crippen LogP contribution is -2.49. The molecule has 1 fully saturated rings. The molecule has 1 saturated heterocycles. The Labute approximate surface area is 88.6 Å². The Hall–Kier alpha value is -0.500. The molecule has 1 aliphatic heterocycles. The summed E-state index contributed by atoms with van der Waals surface area (Å²) in [6.45, 7) is 16.6. The van der Waals surface area contributed by atoms with Crippen LogP contribution in [-0.4, -0.2) is 34.6 Å². The molecule has 2 heteroatoms. The van der Waals surface area contributed by atoms with Crippen LogP contribution in [0.5, 0.6) is 0 Å². The fourth-order valence-corrected chi connectivity index (χ4v) is 2.35. The molecule has 0 radical (unpaired) electrons. The van der Waals surface area contributed by atoms with Crippen LogP contribution in [0.2, 0.25) is 0 Å². The van der Waals surface area contributed by atoms with Crippen LogP contribution in [0, 0.1) is 0 Å². The molecular formula is C12H24N2. The minimum Gasteiger partial charge on any atom is -0.356 e. The number of hydrogen-bond acceptors (Lipinski definition) is 2. The molecule has 0 aromatic carbocycles. The van der Waals surface area contributed by atoms with Crippen molar-refractivity contribution in [1.82, 2.24) is 9.80 Å². The summed E-state index contributed by atoms with van der Waals surface area (Å²) in [6.07, 6.45) is 1.17. The summed E-state index contributed by atoms with van der Waals surface area (Å²) in [5.74, 6) is 0. The normalized spacial score (nSPS) is 25.9. The lowest BCUT2D eigenvalue weighted by Gasteiger charge is -2.38. The van der Waals surface area contributed by atoms with Crippen molar-refractivity contribution in [3.8, 4) is 0 Å². The first-order valence-corrected chi connectivity index (χ1v) is 5.47. The Morgan fingerprint density at radius 3 is 2.00 bits per heavy atom. The topological polar surface area (TPSA) is 6.48 Å². The quantitative estimate of drug-likeness (QED) is 0.670. The van der Waals surface area contributed by atoms with Crippen LogP contribution in [0.1, 0.15) is 41.0 Å². The molecule has 0 unspecified atom stereocenters. The van der Waals surface area contributed by atoms with Crippen LogP contribution >= 0.6 is 0 Å². The van der Waals surface area contributed by atoms with E-state index in [2.05, 4.69) is 58.0 Å². The van der Waals surface area contributed by atoms with Crippen molar-refractivity contribution in [3.05, 3.63) is 12.3 Å². The van der Waals surface area contributed by atoms with Gasteiger partial charge in [0, 0.05) is 12.2 Å². The summed E-state index contributed by atoms with van der Waals surface area (Å²) in [7, 11) is 2.18. The van der Waals surface area contributed by atoms with Gasteiger partial charge in [0.15, 0.2) is 0 Å². The average molecular weight is 196 g/mol. The van der Waals surface area contributed by atoms with E-state index in [0.717, 1.165) is 6.54 Å². The zero-order valence-electron chi connectivity index (χ0n) is 10.5. The fourth-order valence-electron chi connectivity index (χ4n) is 2.35. The maximum Gasteiger partial charge on any atom is 0.0878 e. The van der Waals surface area contributed by atoms with E-state index in [-0.39, 0.29) is 11.2 Å². The monoisotopic (exact) mass is 196 g/mol. The highest BCUT2D eigenvalue weighted by Gasteiger charge is 2.49. The van der Waals surface area contributed by atoms with Crippen molar-refractivity contribution >= 4 is 0 Å². The number of rotatable bonds is 2. The van der Waals surface area contributed by atoms with Crippen molar-refractivity contribution < 1.29 is 0 Å². The average Bonchev–Trinajstić information content (AvgIpc) is 2.19. The third-order valence-corrected chi connectivity index (χ3v) is 3.80. The second kappa shape index (κ2) is 3.27. The van der Waals surface area contributed by atoms with Crippen molar-refractivity contribution in [1.29, 1.82) is 0 Å². The van der Waals surface area contributed by atoms with Crippen molar-refractivity contribution in [3.63, 3.8) is 0 Å². The molecule has 0 amide bonds. The molecule has 0 atom stereocenters. The Kier molecular flexibility index (Phi) is 2.70.